The summed E-state index contributed by atoms with van der Waals surface area (Å²) in [5.41, 5.74) is 3.60. The largest absolute Gasteiger partial charge is 0.505 e. The molecule has 0 saturated carbocycles. The quantitative estimate of drug-likeness (QED) is 0.358. The number of carbonyl (C=O) groups excluding carboxylic acids is 1. The minimum atomic E-state index is -0.327. The SMILES string of the molecule is CC(C)c1ccc(CN(Cc2cccnc2)C(=O)c2ncn(-c3cc(Cl)c(O)c(Cl)c3)n2)cc1. The molecule has 9 heteroatoms. The first kappa shape index (κ1) is 23.7. The molecule has 34 heavy (non-hydrogen) atoms. The fraction of sp³-hybridized carbons (Fsp3) is 0.200. The summed E-state index contributed by atoms with van der Waals surface area (Å²) in [5, 5.41) is 14.3. The summed E-state index contributed by atoms with van der Waals surface area (Å²) in [6, 6.07) is 15.0. The van der Waals surface area contributed by atoms with Crippen molar-refractivity contribution in [3.05, 3.63) is 99.8 Å². The first-order chi connectivity index (χ1) is 16.3. The topological polar surface area (TPSA) is 84.1 Å². The van der Waals surface area contributed by atoms with Crippen molar-refractivity contribution >= 4 is 29.1 Å². The molecule has 2 heterocycles. The van der Waals surface area contributed by atoms with Crippen LogP contribution in [0.15, 0.2) is 67.3 Å². The number of hydrogen-bond donors (Lipinski definition) is 1. The highest BCUT2D eigenvalue weighted by Gasteiger charge is 2.22. The van der Waals surface area contributed by atoms with Gasteiger partial charge in [-0.1, -0.05) is 67.4 Å². The van der Waals surface area contributed by atoms with E-state index in [1.54, 1.807) is 17.3 Å². The Bertz CT molecular complexity index is 1270. The molecule has 0 aliphatic carbocycles. The number of phenolic OH excluding ortho intramolecular Hbond substituents is 1. The Labute approximate surface area is 207 Å². The molecule has 7 nitrogen and oxygen atoms in total. The number of hydrogen-bond acceptors (Lipinski definition) is 5. The minimum absolute atomic E-state index is 0.0306. The van der Waals surface area contributed by atoms with Crippen LogP contribution in [-0.2, 0) is 13.1 Å². The van der Waals surface area contributed by atoms with E-state index in [1.165, 1.54) is 28.7 Å². The molecule has 4 aromatic rings. The van der Waals surface area contributed by atoms with Crippen molar-refractivity contribution < 1.29 is 9.90 Å². The maximum absolute atomic E-state index is 13.4. The predicted molar refractivity (Wildman–Crippen MR) is 131 cm³/mol. The van der Waals surface area contributed by atoms with Crippen LogP contribution in [-0.4, -0.2) is 35.7 Å². The van der Waals surface area contributed by atoms with Gasteiger partial charge in [-0.15, -0.1) is 5.10 Å². The molecule has 1 amide bonds. The van der Waals surface area contributed by atoms with Crippen LogP contribution in [0.25, 0.3) is 5.69 Å². The van der Waals surface area contributed by atoms with Crippen LogP contribution in [0.3, 0.4) is 0 Å². The summed E-state index contributed by atoms with van der Waals surface area (Å²) in [4.78, 5) is 23.5. The molecular formula is C25H23Cl2N5O2. The van der Waals surface area contributed by atoms with Gasteiger partial charge >= 0.3 is 0 Å². The van der Waals surface area contributed by atoms with E-state index in [9.17, 15) is 9.90 Å². The Hall–Kier alpha value is -3.42. The smallest absolute Gasteiger partial charge is 0.294 e. The molecule has 0 radical (unpaired) electrons. The number of pyridine rings is 1. The number of rotatable bonds is 7. The molecule has 0 atom stereocenters. The highest BCUT2D eigenvalue weighted by Crippen LogP contribution is 2.33. The zero-order chi connectivity index (χ0) is 24.2. The molecule has 0 aliphatic rings. The van der Waals surface area contributed by atoms with Crippen molar-refractivity contribution in [3.8, 4) is 11.4 Å². The van der Waals surface area contributed by atoms with Gasteiger partial charge in [0.05, 0.1) is 15.7 Å². The van der Waals surface area contributed by atoms with E-state index in [4.69, 9.17) is 23.2 Å². The third kappa shape index (κ3) is 5.38. The Morgan fingerprint density at radius 2 is 1.74 bits per heavy atom. The second-order valence-corrected chi connectivity index (χ2v) is 9.00. The fourth-order valence-corrected chi connectivity index (χ4v) is 3.93. The fourth-order valence-electron chi connectivity index (χ4n) is 3.45. The zero-order valence-electron chi connectivity index (χ0n) is 18.7. The lowest BCUT2D eigenvalue weighted by atomic mass is 10.0. The maximum Gasteiger partial charge on any atom is 0.294 e. The zero-order valence-corrected chi connectivity index (χ0v) is 20.2. The van der Waals surface area contributed by atoms with E-state index < -0.39 is 0 Å². The van der Waals surface area contributed by atoms with Crippen molar-refractivity contribution in [2.75, 3.05) is 0 Å². The van der Waals surface area contributed by atoms with Crippen molar-refractivity contribution in [3.63, 3.8) is 0 Å². The van der Waals surface area contributed by atoms with Gasteiger partial charge in [-0.2, -0.15) is 0 Å². The summed E-state index contributed by atoms with van der Waals surface area (Å²) >= 11 is 12.0. The summed E-state index contributed by atoms with van der Waals surface area (Å²) in [6.45, 7) is 5.02. The molecule has 0 unspecified atom stereocenters. The summed E-state index contributed by atoms with van der Waals surface area (Å²) < 4.78 is 1.39. The Balaban J connectivity index is 1.61. The van der Waals surface area contributed by atoms with Crippen molar-refractivity contribution in [1.29, 1.82) is 0 Å². The van der Waals surface area contributed by atoms with Gasteiger partial charge in [0.15, 0.2) is 5.75 Å². The van der Waals surface area contributed by atoms with Gasteiger partial charge in [-0.05, 0) is 40.8 Å². The van der Waals surface area contributed by atoms with Crippen LogP contribution in [0.2, 0.25) is 10.0 Å². The monoisotopic (exact) mass is 495 g/mol. The maximum atomic E-state index is 13.4. The van der Waals surface area contributed by atoms with Crippen molar-refractivity contribution in [2.24, 2.45) is 0 Å². The molecular weight excluding hydrogens is 473 g/mol. The van der Waals surface area contributed by atoms with E-state index in [1.807, 2.05) is 24.3 Å². The van der Waals surface area contributed by atoms with Gasteiger partial charge in [0, 0.05) is 25.5 Å². The summed E-state index contributed by atoms with van der Waals surface area (Å²) in [7, 11) is 0. The number of carbonyl (C=O) groups is 1. The number of aromatic nitrogens is 4. The molecule has 1 N–H and O–H groups in total. The van der Waals surface area contributed by atoms with Crippen LogP contribution in [0.1, 0.15) is 47.1 Å². The van der Waals surface area contributed by atoms with E-state index in [0.717, 1.165) is 11.1 Å². The molecule has 0 aliphatic heterocycles. The molecule has 0 bridgehead atoms. The molecule has 2 aromatic heterocycles. The lowest BCUT2D eigenvalue weighted by Gasteiger charge is -2.22. The molecule has 0 spiro atoms. The van der Waals surface area contributed by atoms with E-state index in [0.29, 0.717) is 24.7 Å². The highest BCUT2D eigenvalue weighted by atomic mass is 35.5. The Morgan fingerprint density at radius 1 is 1.06 bits per heavy atom. The highest BCUT2D eigenvalue weighted by molar-refractivity contribution is 6.37. The number of nitrogens with zero attached hydrogens (tertiary/aromatic N) is 5. The van der Waals surface area contributed by atoms with Crippen LogP contribution >= 0.6 is 23.2 Å². The lowest BCUT2D eigenvalue weighted by molar-refractivity contribution is 0.0717. The normalized spacial score (nSPS) is 11.1. The number of aromatic hydroxyl groups is 1. The van der Waals surface area contributed by atoms with E-state index in [2.05, 4.69) is 41.0 Å². The summed E-state index contributed by atoms with van der Waals surface area (Å²) in [5.74, 6) is -0.0820. The van der Waals surface area contributed by atoms with Crippen LogP contribution in [0, 0.1) is 0 Å². The second kappa shape index (κ2) is 10.2. The molecule has 2 aromatic carbocycles. The van der Waals surface area contributed by atoms with Gasteiger partial charge < -0.3 is 10.0 Å². The summed E-state index contributed by atoms with van der Waals surface area (Å²) in [6.07, 6.45) is 4.83. The molecule has 0 saturated heterocycles. The Morgan fingerprint density at radius 3 is 2.35 bits per heavy atom. The van der Waals surface area contributed by atoms with Gasteiger partial charge in [0.25, 0.3) is 5.91 Å². The number of phenols is 1. The lowest BCUT2D eigenvalue weighted by Crippen LogP contribution is -2.31. The standard InChI is InChI=1S/C25H23Cl2N5O2/c1-16(2)19-7-5-17(6-8-19)13-31(14-18-4-3-9-28-12-18)25(34)24-29-15-32(30-24)20-10-21(26)23(33)22(27)11-20/h3-12,15-16,33H,13-14H2,1-2H3. The van der Waals surface area contributed by atoms with Crippen LogP contribution in [0.4, 0.5) is 0 Å². The molecule has 4 rings (SSSR count). The van der Waals surface area contributed by atoms with E-state index in [-0.39, 0.29) is 27.5 Å². The number of amides is 1. The minimum Gasteiger partial charge on any atom is -0.505 e. The van der Waals surface area contributed by atoms with Crippen LogP contribution in [0.5, 0.6) is 5.75 Å². The molecule has 0 fully saturated rings. The molecule has 174 valence electrons. The second-order valence-electron chi connectivity index (χ2n) is 8.19. The van der Waals surface area contributed by atoms with Gasteiger partial charge in [-0.3, -0.25) is 9.78 Å². The Kier molecular flexibility index (Phi) is 7.14. The average Bonchev–Trinajstić information content (AvgIpc) is 3.33. The third-order valence-corrected chi connectivity index (χ3v) is 5.93. The van der Waals surface area contributed by atoms with Gasteiger partial charge in [0.2, 0.25) is 5.82 Å². The van der Waals surface area contributed by atoms with Gasteiger partial charge in [-0.25, -0.2) is 9.67 Å². The van der Waals surface area contributed by atoms with Crippen molar-refractivity contribution in [1.82, 2.24) is 24.6 Å². The van der Waals surface area contributed by atoms with E-state index >= 15 is 0 Å². The van der Waals surface area contributed by atoms with Crippen LogP contribution < -0.4 is 0 Å². The number of halogens is 2. The average molecular weight is 496 g/mol. The first-order valence-electron chi connectivity index (χ1n) is 10.7. The first-order valence-corrected chi connectivity index (χ1v) is 11.4. The van der Waals surface area contributed by atoms with Crippen molar-refractivity contribution in [2.45, 2.75) is 32.9 Å². The number of benzene rings is 2. The van der Waals surface area contributed by atoms with Gasteiger partial charge in [0.1, 0.15) is 6.33 Å². The third-order valence-electron chi connectivity index (χ3n) is 5.35. The predicted octanol–water partition coefficient (Wildman–Crippen LogP) is 5.64.